The summed E-state index contributed by atoms with van der Waals surface area (Å²) in [4.78, 5) is 0. The molecule has 0 bridgehead atoms. The van der Waals surface area contributed by atoms with E-state index in [1.165, 1.54) is 0 Å². The van der Waals surface area contributed by atoms with Crippen molar-refractivity contribution < 1.29 is 0 Å². The van der Waals surface area contributed by atoms with E-state index >= 15 is 0 Å². The molecule has 1 rings (SSSR count). The lowest BCUT2D eigenvalue weighted by molar-refractivity contribution is 0.823. The monoisotopic (exact) mass is 128 g/mol. The predicted octanol–water partition coefficient (Wildman–Crippen LogP) is 1.95. The van der Waals surface area contributed by atoms with Crippen LogP contribution in [0.15, 0.2) is 22.0 Å². The molecule has 0 amide bonds. The normalized spacial score (nSPS) is 35.6. The second-order valence-corrected chi connectivity index (χ2v) is 3.38. The zero-order valence-electron chi connectivity index (χ0n) is 5.05. The van der Waals surface area contributed by atoms with Crippen LogP contribution in [0.3, 0.4) is 0 Å². The first kappa shape index (κ1) is 5.90. The van der Waals surface area contributed by atoms with Gasteiger partial charge in [0.05, 0.1) is 5.70 Å². The average Bonchev–Trinajstić information content (AvgIpc) is 1.82. The number of hydrogen-bond donors (Lipinski definition) is 0. The maximum Gasteiger partial charge on any atom is 0.112 e. The molecule has 0 spiro atoms. The zero-order chi connectivity index (χ0) is 6.20. The lowest BCUT2D eigenvalue weighted by Crippen LogP contribution is -2.01. The van der Waals surface area contributed by atoms with Gasteiger partial charge < -0.3 is 0 Å². The number of rotatable bonds is 0. The van der Waals surface area contributed by atoms with Crippen LogP contribution in [-0.2, 0) is 0 Å². The fraction of sp³-hybridized carbons (Fsp3) is 0.600. The highest BCUT2D eigenvalue weighted by atomic mass is 31.0. The van der Waals surface area contributed by atoms with Crippen LogP contribution in [-0.4, -0.2) is 5.28 Å². The number of nitrogens with zero attached hydrogens (tertiary/aromatic N) is 2. The largest absolute Gasteiger partial charge is 0.174 e. The van der Waals surface area contributed by atoms with Crippen molar-refractivity contribution in [2.75, 3.05) is 0 Å². The van der Waals surface area contributed by atoms with E-state index in [1.54, 1.807) is 0 Å². The van der Waals surface area contributed by atoms with E-state index < -0.39 is 0 Å². The van der Waals surface area contributed by atoms with Gasteiger partial charge >= 0.3 is 0 Å². The van der Waals surface area contributed by atoms with Crippen molar-refractivity contribution in [1.29, 1.82) is 0 Å². The van der Waals surface area contributed by atoms with Gasteiger partial charge in [-0.3, -0.25) is 0 Å². The summed E-state index contributed by atoms with van der Waals surface area (Å²) in [7, 11) is 2.62. The van der Waals surface area contributed by atoms with Crippen LogP contribution < -0.4 is 0 Å². The maximum absolute atomic E-state index is 3.94. The van der Waals surface area contributed by atoms with Crippen LogP contribution in [0.1, 0.15) is 13.8 Å². The van der Waals surface area contributed by atoms with E-state index in [0.717, 1.165) is 5.70 Å². The lowest BCUT2D eigenvalue weighted by atomic mass is 10.3. The Kier molecular flexibility index (Phi) is 1.20. The Balaban J connectivity index is 2.84. The quantitative estimate of drug-likeness (QED) is 0.445. The Labute approximate surface area is 51.3 Å². The van der Waals surface area contributed by atoms with Gasteiger partial charge in [0.15, 0.2) is 0 Å². The van der Waals surface area contributed by atoms with E-state index in [4.69, 9.17) is 0 Å². The van der Waals surface area contributed by atoms with Crippen LogP contribution >= 0.6 is 9.24 Å². The first-order valence-corrected chi connectivity index (χ1v) is 3.09. The van der Waals surface area contributed by atoms with E-state index in [9.17, 15) is 0 Å². The highest BCUT2D eigenvalue weighted by Crippen LogP contribution is 2.28. The van der Waals surface area contributed by atoms with Gasteiger partial charge in [0.2, 0.25) is 0 Å². The van der Waals surface area contributed by atoms with Crippen molar-refractivity contribution in [2.24, 2.45) is 10.2 Å². The van der Waals surface area contributed by atoms with E-state index in [2.05, 4.69) is 19.5 Å². The molecule has 1 aliphatic heterocycles. The summed E-state index contributed by atoms with van der Waals surface area (Å²) < 4.78 is 0. The molecule has 0 fully saturated rings. The highest BCUT2D eigenvalue weighted by Gasteiger charge is 2.17. The van der Waals surface area contributed by atoms with Gasteiger partial charge in [0.1, 0.15) is 5.28 Å². The Bertz CT molecular complexity index is 158. The van der Waals surface area contributed by atoms with Crippen LogP contribution in [0.4, 0.5) is 0 Å². The van der Waals surface area contributed by atoms with Crippen molar-refractivity contribution in [1.82, 2.24) is 0 Å². The molecule has 1 aliphatic rings. The smallest absolute Gasteiger partial charge is 0.112 e. The summed E-state index contributed by atoms with van der Waals surface area (Å²) in [5, 5.41) is 7.68. The fourth-order valence-electron chi connectivity index (χ4n) is 0.667. The molecule has 0 aromatic heterocycles. The van der Waals surface area contributed by atoms with Gasteiger partial charge in [-0.25, -0.2) is 0 Å². The molecular weight excluding hydrogens is 119 g/mol. The first-order valence-electron chi connectivity index (χ1n) is 2.51. The summed E-state index contributed by atoms with van der Waals surface area (Å²) in [6.45, 7) is 3.94. The van der Waals surface area contributed by atoms with Crippen molar-refractivity contribution in [3.8, 4) is 0 Å². The number of azo groups is 1. The summed E-state index contributed by atoms with van der Waals surface area (Å²) in [5.74, 6) is 0. The van der Waals surface area contributed by atoms with E-state index in [0.29, 0.717) is 0 Å². The van der Waals surface area contributed by atoms with Gasteiger partial charge in [-0.05, 0) is 19.9 Å². The third-order valence-electron chi connectivity index (χ3n) is 0.924. The summed E-state index contributed by atoms with van der Waals surface area (Å²) in [6, 6.07) is 0. The van der Waals surface area contributed by atoms with Gasteiger partial charge in [0, 0.05) is 0 Å². The third kappa shape index (κ3) is 1.13. The van der Waals surface area contributed by atoms with Gasteiger partial charge in [-0.2, -0.15) is 10.2 Å². The Morgan fingerprint density at radius 1 is 1.75 bits per heavy atom. The van der Waals surface area contributed by atoms with Crippen molar-refractivity contribution in [3.05, 3.63) is 11.8 Å². The molecule has 44 valence electrons. The van der Waals surface area contributed by atoms with Crippen LogP contribution in [0.2, 0.25) is 0 Å². The maximum atomic E-state index is 3.94. The molecule has 2 atom stereocenters. The molecule has 8 heavy (non-hydrogen) atoms. The van der Waals surface area contributed by atoms with E-state index in [1.807, 2.05) is 19.9 Å². The molecule has 2 unspecified atom stereocenters. The second kappa shape index (κ2) is 1.63. The average molecular weight is 128 g/mol. The summed E-state index contributed by atoms with van der Waals surface area (Å²) >= 11 is 0. The minimum atomic E-state index is -0.121. The molecule has 3 heteroatoms. The van der Waals surface area contributed by atoms with E-state index in [-0.39, 0.29) is 5.28 Å². The van der Waals surface area contributed by atoms with Gasteiger partial charge in [0.25, 0.3) is 0 Å². The molecule has 0 aromatic carbocycles. The minimum absolute atomic E-state index is 0.121. The Morgan fingerprint density at radius 3 is 2.50 bits per heavy atom. The first-order chi connectivity index (χ1) is 3.60. The van der Waals surface area contributed by atoms with Crippen LogP contribution in [0.5, 0.6) is 0 Å². The molecule has 0 N–H and O–H groups in total. The molecule has 0 aromatic rings. The molecule has 0 radical (unpaired) electrons. The van der Waals surface area contributed by atoms with Crippen molar-refractivity contribution >= 4 is 9.24 Å². The minimum Gasteiger partial charge on any atom is -0.174 e. The topological polar surface area (TPSA) is 24.7 Å². The number of hydrogen-bond acceptors (Lipinski definition) is 2. The standard InChI is InChI=1S/C5H9N2P/c1-4-3-5(2,8)7-6-4/h3H,8H2,1-2H3. The highest BCUT2D eigenvalue weighted by molar-refractivity contribution is 7.19. The van der Waals surface area contributed by atoms with Crippen LogP contribution in [0.25, 0.3) is 0 Å². The fourth-order valence-corrected chi connectivity index (χ4v) is 0.966. The van der Waals surface area contributed by atoms with Crippen molar-refractivity contribution in [2.45, 2.75) is 19.1 Å². The Hall–Kier alpha value is -0.230. The van der Waals surface area contributed by atoms with Gasteiger partial charge in [-0.15, -0.1) is 9.24 Å². The van der Waals surface area contributed by atoms with Gasteiger partial charge in [-0.1, -0.05) is 0 Å². The molecule has 1 heterocycles. The molecule has 0 saturated carbocycles. The summed E-state index contributed by atoms with van der Waals surface area (Å²) in [5.41, 5.74) is 1.00. The molecular formula is C5H9N2P. The lowest BCUT2D eigenvalue weighted by Gasteiger charge is -2.04. The SMILES string of the molecule is CC1=CC(C)(P)N=N1. The van der Waals surface area contributed by atoms with Crippen molar-refractivity contribution in [3.63, 3.8) is 0 Å². The molecule has 2 nitrogen and oxygen atoms in total. The Morgan fingerprint density at radius 2 is 2.38 bits per heavy atom. The number of allylic oxidation sites excluding steroid dienone is 1. The van der Waals surface area contributed by atoms with Crippen LogP contribution in [0, 0.1) is 0 Å². The molecule has 0 aliphatic carbocycles. The second-order valence-electron chi connectivity index (χ2n) is 2.21. The zero-order valence-corrected chi connectivity index (χ0v) is 6.20. The molecule has 0 saturated heterocycles. The predicted molar refractivity (Wildman–Crippen MR) is 36.7 cm³/mol. The third-order valence-corrected chi connectivity index (χ3v) is 1.21. The summed E-state index contributed by atoms with van der Waals surface area (Å²) in [6.07, 6.45) is 2.01.